The van der Waals surface area contributed by atoms with Crippen LogP contribution in [0.3, 0.4) is 0 Å². The summed E-state index contributed by atoms with van der Waals surface area (Å²) in [5.74, 6) is 0.717. The van der Waals surface area contributed by atoms with Crippen molar-refractivity contribution in [3.8, 4) is 0 Å². The zero-order valence-corrected chi connectivity index (χ0v) is 11.6. The highest BCUT2D eigenvalue weighted by Gasteiger charge is 2.44. The lowest BCUT2D eigenvalue weighted by Crippen LogP contribution is -2.41. The van der Waals surface area contributed by atoms with Crippen molar-refractivity contribution < 1.29 is 4.74 Å². The van der Waals surface area contributed by atoms with Crippen molar-refractivity contribution in [3.63, 3.8) is 0 Å². The number of nitrogens with two attached hydrogens (primary N) is 1. The Labute approximate surface area is 110 Å². The van der Waals surface area contributed by atoms with E-state index in [1.165, 1.54) is 45.3 Å². The van der Waals surface area contributed by atoms with Gasteiger partial charge in [-0.25, -0.2) is 0 Å². The summed E-state index contributed by atoms with van der Waals surface area (Å²) in [5.41, 5.74) is 6.12. The highest BCUT2D eigenvalue weighted by Crippen LogP contribution is 2.49. The third kappa shape index (κ3) is 3.90. The number of hydrogen-bond acceptors (Lipinski definition) is 3. The van der Waals surface area contributed by atoms with Gasteiger partial charge in [-0.1, -0.05) is 12.2 Å². The van der Waals surface area contributed by atoms with Gasteiger partial charge < -0.3 is 15.4 Å². The Kier molecular flexibility index (Phi) is 4.39. The maximum Gasteiger partial charge on any atom is 0.0733 e. The summed E-state index contributed by atoms with van der Waals surface area (Å²) in [6.45, 7) is 4.51. The minimum absolute atomic E-state index is 0.431. The number of nitrogens with zero attached hydrogens (tertiary/aromatic N) is 1. The van der Waals surface area contributed by atoms with Crippen LogP contribution in [0.5, 0.6) is 0 Å². The van der Waals surface area contributed by atoms with Gasteiger partial charge in [-0.3, -0.25) is 0 Å². The second-order valence-electron chi connectivity index (χ2n) is 5.84. The number of hydrogen-bond donors (Lipinski definition) is 1. The number of likely N-dealkylation sites (tertiary alicyclic amines) is 1. The zero-order chi connectivity index (χ0) is 12.3. The van der Waals surface area contributed by atoms with Gasteiger partial charge in [-0.05, 0) is 43.6 Å². The first-order valence-corrected chi connectivity index (χ1v) is 7.04. The average Bonchev–Trinajstić information content (AvgIpc) is 2.97. The van der Waals surface area contributed by atoms with E-state index >= 15 is 0 Å². The standard InChI is InChI=1S/C13H24N2OS/c1-16-9-11-3-2-6-15(8-11)10-13(4-5-13)7-12(14)17/h11H,2-10H2,1H3,(H2,14,17). The Morgan fingerprint density at radius 1 is 1.53 bits per heavy atom. The van der Waals surface area contributed by atoms with Crippen molar-refractivity contribution in [2.24, 2.45) is 17.1 Å². The van der Waals surface area contributed by atoms with E-state index in [0.29, 0.717) is 10.4 Å². The first-order valence-electron chi connectivity index (χ1n) is 6.63. The lowest BCUT2D eigenvalue weighted by Gasteiger charge is -2.34. The maximum absolute atomic E-state index is 5.69. The van der Waals surface area contributed by atoms with E-state index in [1.54, 1.807) is 7.11 Å². The molecular weight excluding hydrogens is 232 g/mol. The normalized spacial score (nSPS) is 27.9. The van der Waals surface area contributed by atoms with E-state index in [1.807, 2.05) is 0 Å². The molecule has 2 N–H and O–H groups in total. The minimum atomic E-state index is 0.431. The molecule has 3 nitrogen and oxygen atoms in total. The predicted octanol–water partition coefficient (Wildman–Crippen LogP) is 1.80. The number of thiocarbonyl (C=S) groups is 1. The Balaban J connectivity index is 1.80. The van der Waals surface area contributed by atoms with Crippen LogP contribution in [0, 0.1) is 11.3 Å². The molecule has 0 aromatic rings. The van der Waals surface area contributed by atoms with Crippen LogP contribution in [-0.4, -0.2) is 43.2 Å². The Morgan fingerprint density at radius 3 is 2.88 bits per heavy atom. The third-order valence-corrected chi connectivity index (χ3v) is 4.22. The number of methoxy groups -OCH3 is 1. The molecule has 0 aromatic carbocycles. The van der Waals surface area contributed by atoms with Gasteiger partial charge in [0.2, 0.25) is 0 Å². The molecule has 0 bridgehead atoms. The van der Waals surface area contributed by atoms with Crippen molar-refractivity contribution in [1.82, 2.24) is 4.90 Å². The Morgan fingerprint density at radius 2 is 2.29 bits per heavy atom. The summed E-state index contributed by atoms with van der Waals surface area (Å²) in [6, 6.07) is 0. The topological polar surface area (TPSA) is 38.5 Å². The molecule has 1 unspecified atom stereocenters. The van der Waals surface area contributed by atoms with Crippen molar-refractivity contribution in [2.45, 2.75) is 32.1 Å². The monoisotopic (exact) mass is 256 g/mol. The van der Waals surface area contributed by atoms with Gasteiger partial charge >= 0.3 is 0 Å². The molecule has 2 rings (SSSR count). The second-order valence-corrected chi connectivity index (χ2v) is 6.37. The molecular formula is C13H24N2OS. The quantitative estimate of drug-likeness (QED) is 0.736. The maximum atomic E-state index is 5.69. The van der Waals surface area contributed by atoms with Gasteiger partial charge in [0.1, 0.15) is 0 Å². The molecule has 0 aromatic heterocycles. The highest BCUT2D eigenvalue weighted by atomic mass is 32.1. The SMILES string of the molecule is COCC1CCCN(CC2(CC(N)=S)CC2)C1. The van der Waals surface area contributed by atoms with Crippen LogP contribution in [0.1, 0.15) is 32.1 Å². The molecule has 2 fully saturated rings. The minimum Gasteiger partial charge on any atom is -0.393 e. The fourth-order valence-electron chi connectivity index (χ4n) is 3.08. The van der Waals surface area contributed by atoms with Crippen LogP contribution in [-0.2, 0) is 4.74 Å². The predicted molar refractivity (Wildman–Crippen MR) is 74.1 cm³/mol. The van der Waals surface area contributed by atoms with E-state index < -0.39 is 0 Å². The molecule has 0 radical (unpaired) electrons. The van der Waals surface area contributed by atoms with Crippen molar-refractivity contribution in [2.75, 3.05) is 33.4 Å². The van der Waals surface area contributed by atoms with Gasteiger partial charge in [0.25, 0.3) is 0 Å². The van der Waals surface area contributed by atoms with Crippen molar-refractivity contribution in [3.05, 3.63) is 0 Å². The molecule has 1 atom stereocenters. The Bertz CT molecular complexity index is 277. The van der Waals surface area contributed by atoms with Gasteiger partial charge in [0.05, 0.1) is 11.6 Å². The van der Waals surface area contributed by atoms with Crippen LogP contribution in [0.15, 0.2) is 0 Å². The van der Waals surface area contributed by atoms with Crippen molar-refractivity contribution >= 4 is 17.2 Å². The largest absolute Gasteiger partial charge is 0.393 e. The summed E-state index contributed by atoms with van der Waals surface area (Å²) in [6.07, 6.45) is 6.16. The average molecular weight is 256 g/mol. The molecule has 1 saturated heterocycles. The number of piperidine rings is 1. The summed E-state index contributed by atoms with van der Waals surface area (Å²) >= 11 is 5.06. The third-order valence-electron chi connectivity index (χ3n) is 4.07. The number of rotatable bonds is 6. The zero-order valence-electron chi connectivity index (χ0n) is 10.8. The highest BCUT2D eigenvalue weighted by molar-refractivity contribution is 7.80. The summed E-state index contributed by atoms with van der Waals surface area (Å²) in [5, 5.41) is 0. The molecule has 0 spiro atoms. The summed E-state index contributed by atoms with van der Waals surface area (Å²) in [4.78, 5) is 3.28. The molecule has 4 heteroatoms. The molecule has 1 saturated carbocycles. The van der Waals surface area contributed by atoms with Gasteiger partial charge in [-0.15, -0.1) is 0 Å². The van der Waals surface area contributed by atoms with Crippen LogP contribution < -0.4 is 5.73 Å². The summed E-state index contributed by atoms with van der Waals surface area (Å²) in [7, 11) is 1.80. The molecule has 17 heavy (non-hydrogen) atoms. The molecule has 1 heterocycles. The van der Waals surface area contributed by atoms with Crippen LogP contribution in [0.4, 0.5) is 0 Å². The fourth-order valence-corrected chi connectivity index (χ4v) is 3.38. The smallest absolute Gasteiger partial charge is 0.0733 e. The van der Waals surface area contributed by atoms with Crippen LogP contribution in [0.25, 0.3) is 0 Å². The lowest BCUT2D eigenvalue weighted by atomic mass is 9.95. The van der Waals surface area contributed by atoms with Crippen LogP contribution >= 0.6 is 12.2 Å². The fraction of sp³-hybridized carbons (Fsp3) is 0.923. The van der Waals surface area contributed by atoms with E-state index in [2.05, 4.69) is 4.90 Å². The summed E-state index contributed by atoms with van der Waals surface area (Å²) < 4.78 is 5.27. The van der Waals surface area contributed by atoms with Crippen molar-refractivity contribution in [1.29, 1.82) is 0 Å². The van der Waals surface area contributed by atoms with E-state index in [9.17, 15) is 0 Å². The first-order chi connectivity index (χ1) is 8.13. The molecule has 1 aliphatic heterocycles. The number of ether oxygens (including phenoxy) is 1. The molecule has 2 aliphatic rings. The second kappa shape index (κ2) is 5.63. The van der Waals surface area contributed by atoms with Gasteiger partial charge in [-0.2, -0.15) is 0 Å². The van der Waals surface area contributed by atoms with E-state index in [-0.39, 0.29) is 0 Å². The van der Waals surface area contributed by atoms with Crippen LogP contribution in [0.2, 0.25) is 0 Å². The van der Waals surface area contributed by atoms with E-state index in [0.717, 1.165) is 18.9 Å². The van der Waals surface area contributed by atoms with Gasteiger partial charge in [0.15, 0.2) is 0 Å². The Hall–Kier alpha value is -0.190. The van der Waals surface area contributed by atoms with Gasteiger partial charge in [0, 0.05) is 26.6 Å². The molecule has 1 aliphatic carbocycles. The molecule has 0 amide bonds. The first kappa shape index (κ1) is 13.2. The molecule has 98 valence electrons. The van der Waals surface area contributed by atoms with E-state index in [4.69, 9.17) is 22.7 Å². The lowest BCUT2D eigenvalue weighted by molar-refractivity contribution is 0.0806.